The molecule has 2 aromatic carbocycles. The highest BCUT2D eigenvalue weighted by molar-refractivity contribution is 5.88. The fraction of sp³-hybridized carbons (Fsp3) is 0.436. The molecule has 0 saturated heterocycles. The quantitative estimate of drug-likeness (QED) is 0.0875. The number of fused-ring (bicyclic) bond motifs is 8. The van der Waals surface area contributed by atoms with Crippen LogP contribution < -0.4 is 0 Å². The average Bonchev–Trinajstić information content (AvgIpc) is 0.852. The van der Waals surface area contributed by atoms with Gasteiger partial charge in [0.1, 0.15) is 16.9 Å². The Labute approximate surface area is 763 Å². The molecule has 672 valence electrons. The molecule has 0 radical (unpaired) electrons. The van der Waals surface area contributed by atoms with Crippen molar-refractivity contribution in [1.29, 1.82) is 0 Å². The van der Waals surface area contributed by atoms with Gasteiger partial charge in [-0.3, -0.25) is 54.8 Å². The first-order valence-corrected chi connectivity index (χ1v) is 46.5. The van der Waals surface area contributed by atoms with Gasteiger partial charge in [0.25, 0.3) is 0 Å². The maximum absolute atomic E-state index is 4.68. The molecule has 0 N–H and O–H groups in total. The van der Waals surface area contributed by atoms with Crippen molar-refractivity contribution in [1.82, 2.24) is 90.2 Å². The smallest absolute Gasteiger partial charge is 0.131 e. The fourth-order valence-electron chi connectivity index (χ4n) is 14.7. The number of benzene rings is 2. The summed E-state index contributed by atoms with van der Waals surface area (Å²) in [4.78, 5) is 62.8. The molecule has 14 aromatic heterocycles. The van der Waals surface area contributed by atoms with Crippen molar-refractivity contribution in [2.45, 2.75) is 316 Å². The Morgan fingerprint density at radius 1 is 0.180 bits per heavy atom. The van der Waals surface area contributed by atoms with Crippen molar-refractivity contribution < 1.29 is 0 Å². The third-order valence-corrected chi connectivity index (χ3v) is 22.4. The number of nitrogens with zero attached hydrogens (tertiary/aromatic N) is 18. The van der Waals surface area contributed by atoms with Crippen LogP contribution in [0.3, 0.4) is 0 Å². The van der Waals surface area contributed by atoms with Crippen molar-refractivity contribution in [3.8, 4) is 0 Å². The van der Waals surface area contributed by atoms with Gasteiger partial charge in [-0.15, -0.1) is 5.10 Å². The molecule has 128 heavy (non-hydrogen) atoms. The molecule has 16 rings (SSSR count). The Bertz CT molecular complexity index is 5160. The summed E-state index contributed by atoms with van der Waals surface area (Å²) in [6, 6.07) is 38.2. The van der Waals surface area contributed by atoms with E-state index in [1.54, 1.807) is 0 Å². The van der Waals surface area contributed by atoms with Crippen LogP contribution in [0.15, 0.2) is 184 Å². The molecule has 18 heteroatoms. The van der Waals surface area contributed by atoms with Crippen LogP contribution in [0.2, 0.25) is 0 Å². The van der Waals surface area contributed by atoms with Crippen LogP contribution in [-0.4, -0.2) is 90.2 Å². The summed E-state index contributed by atoms with van der Waals surface area (Å²) in [5.74, 6) is 8.03. The van der Waals surface area contributed by atoms with E-state index in [1.165, 1.54) is 65.5 Å². The molecule has 16 aromatic rings. The highest BCUT2D eigenvalue weighted by Gasteiger charge is 2.19. The van der Waals surface area contributed by atoms with Crippen molar-refractivity contribution in [2.75, 3.05) is 0 Å². The number of hydrogen-bond donors (Lipinski definition) is 0. The van der Waals surface area contributed by atoms with Crippen molar-refractivity contribution >= 4 is 87.0 Å². The van der Waals surface area contributed by atoms with Crippen LogP contribution >= 0.6 is 0 Å². The summed E-state index contributed by atoms with van der Waals surface area (Å²) in [5, 5.41) is 28.9. The van der Waals surface area contributed by atoms with Crippen LogP contribution in [0.1, 0.15) is 407 Å². The summed E-state index contributed by atoms with van der Waals surface area (Å²) in [5.41, 5.74) is 23.1. The lowest BCUT2D eigenvalue weighted by atomic mass is 9.96. The standard InChI is InChI=1S/C15H19N.4C14H18N2.3C13H17N3/c1-10(2)12-5-6-14-13(9-12)7-8-16-15(14)11(3)4;1-9(2)13-7-11-5-6-15-14(10(3)4)12(11)8-16-13;1-9(2)12-7-11-5-6-15-13(10(3)4)14(11)16-8-12;1-9(2)11-5-6-13-12(7-11)8-15-16-14(13)10(3)4;1-9(2)12-6-5-11-13(16-12)7-8-15-14(11)10(3)4;1-8(2)12-10-7-15-13(9(3)4)16-11(10)5-6-14-12;1-8(2)11-7-15-13-10(16-11)5-6-14-12(13)9(3)4;1-8(2)11-7-10-5-6-14-12(9(3)4)13(10)16-15-11/h5-11H,1-4H3;4*5-10H,1-4H3;3*5-9H,1-4H3. The number of rotatable bonds is 16. The topological polar surface area (TPSA) is 232 Å². The zero-order valence-electron chi connectivity index (χ0n) is 82.6. The second kappa shape index (κ2) is 46.4. The molecule has 0 amide bonds. The van der Waals surface area contributed by atoms with Crippen LogP contribution in [0.4, 0.5) is 0 Å². The minimum Gasteiger partial charge on any atom is -0.260 e. The molecule has 0 aliphatic heterocycles. The van der Waals surface area contributed by atoms with E-state index in [0.717, 1.165) is 112 Å². The molecule has 0 fully saturated rings. The van der Waals surface area contributed by atoms with E-state index >= 15 is 0 Å². The van der Waals surface area contributed by atoms with E-state index in [2.05, 4.69) is 391 Å². The van der Waals surface area contributed by atoms with E-state index in [9.17, 15) is 0 Å². The normalized spacial score (nSPS) is 11.6. The maximum Gasteiger partial charge on any atom is 0.131 e. The molecule has 0 spiro atoms. The lowest BCUT2D eigenvalue weighted by Gasteiger charge is -2.11. The van der Waals surface area contributed by atoms with Gasteiger partial charge in [0.05, 0.1) is 85.2 Å². The van der Waals surface area contributed by atoms with Gasteiger partial charge >= 0.3 is 0 Å². The number of pyridine rings is 10. The van der Waals surface area contributed by atoms with Gasteiger partial charge in [-0.1, -0.05) is 252 Å². The molecular formula is C110H142N18. The van der Waals surface area contributed by atoms with Gasteiger partial charge in [0.2, 0.25) is 0 Å². The Hall–Kier alpha value is -11.7. The zero-order valence-corrected chi connectivity index (χ0v) is 82.6. The van der Waals surface area contributed by atoms with Crippen LogP contribution in [0, 0.1) is 0 Å². The summed E-state index contributed by atoms with van der Waals surface area (Å²) in [6.07, 6.45) is 22.6. The van der Waals surface area contributed by atoms with Gasteiger partial charge < -0.3 is 0 Å². The SMILES string of the molecule is CC(C)c1cc2ccnc(C(C)C)c2cn1.CC(C)c1cc2ccnc(C(C)C)c2nn1.CC(C)c1ccc2c(C(C)C)nccc2c1.CC(C)c1ccc2c(C(C)C)nccc2n1.CC(C)c1ccc2c(C(C)C)nncc2c1.CC(C)c1cnc2c(C(C)C)nccc2c1.CC(C)c1cnc2c(C(C)C)nccc2n1.CC(C)c1ncc2c(C(C)C)nccc2n1. The van der Waals surface area contributed by atoms with Crippen LogP contribution in [0.5, 0.6) is 0 Å². The van der Waals surface area contributed by atoms with Gasteiger partial charge in [-0.2, -0.15) is 15.3 Å². The third kappa shape index (κ3) is 26.3. The van der Waals surface area contributed by atoms with Gasteiger partial charge in [0.15, 0.2) is 0 Å². The lowest BCUT2D eigenvalue weighted by molar-refractivity contribution is 0.779. The van der Waals surface area contributed by atoms with E-state index < -0.39 is 0 Å². The predicted octanol–water partition coefficient (Wildman–Crippen LogP) is 29.8. The molecule has 0 aliphatic rings. The van der Waals surface area contributed by atoms with Crippen molar-refractivity contribution in [3.63, 3.8) is 0 Å². The van der Waals surface area contributed by atoms with Gasteiger partial charge in [-0.05, 0) is 195 Å². The molecule has 0 aliphatic carbocycles. The van der Waals surface area contributed by atoms with E-state index in [4.69, 9.17) is 0 Å². The third-order valence-electron chi connectivity index (χ3n) is 22.4. The first-order valence-electron chi connectivity index (χ1n) is 46.5. The minimum absolute atomic E-state index is 0.361. The molecule has 14 heterocycles. The van der Waals surface area contributed by atoms with Gasteiger partial charge in [0, 0.05) is 129 Å². The Morgan fingerprint density at radius 2 is 0.555 bits per heavy atom. The molecule has 0 saturated carbocycles. The van der Waals surface area contributed by atoms with Crippen molar-refractivity contribution in [3.05, 3.63) is 274 Å². The predicted molar refractivity (Wildman–Crippen MR) is 537 cm³/mol. The highest BCUT2D eigenvalue weighted by Crippen LogP contribution is 2.33. The summed E-state index contributed by atoms with van der Waals surface area (Å²) in [6.45, 7) is 69.0. The lowest BCUT2D eigenvalue weighted by Crippen LogP contribution is -2.00. The molecule has 0 bridgehead atoms. The molecule has 18 nitrogen and oxygen atoms in total. The first kappa shape index (κ1) is 100. The largest absolute Gasteiger partial charge is 0.260 e. The van der Waals surface area contributed by atoms with E-state index in [-0.39, 0.29) is 0 Å². The minimum atomic E-state index is 0.361. The summed E-state index contributed by atoms with van der Waals surface area (Å²) < 4.78 is 0. The number of aromatic nitrogens is 18. The molecule has 0 unspecified atom stereocenters. The van der Waals surface area contributed by atoms with Crippen LogP contribution in [-0.2, 0) is 0 Å². The average molecular weight is 1720 g/mol. The van der Waals surface area contributed by atoms with Crippen LogP contribution in [0.25, 0.3) is 87.0 Å². The second-order valence-corrected chi connectivity index (χ2v) is 38.4. The number of hydrogen-bond acceptors (Lipinski definition) is 18. The monoisotopic (exact) mass is 1720 g/mol. The van der Waals surface area contributed by atoms with Gasteiger partial charge in [-0.25, -0.2) is 15.0 Å². The second-order valence-electron chi connectivity index (χ2n) is 38.4. The van der Waals surface area contributed by atoms with Crippen molar-refractivity contribution in [2.24, 2.45) is 0 Å². The Morgan fingerprint density at radius 3 is 1.05 bits per heavy atom. The zero-order chi connectivity index (χ0) is 93.7. The van der Waals surface area contributed by atoms with E-state index in [0.29, 0.717) is 94.7 Å². The summed E-state index contributed by atoms with van der Waals surface area (Å²) >= 11 is 0. The Kier molecular flexibility index (Phi) is 36.3. The van der Waals surface area contributed by atoms with E-state index in [1.807, 2.05) is 105 Å². The Balaban J connectivity index is 0.000000165. The molecular weight excluding hydrogens is 1570 g/mol. The highest BCUT2D eigenvalue weighted by atomic mass is 15.1. The summed E-state index contributed by atoms with van der Waals surface area (Å²) in [7, 11) is 0. The first-order chi connectivity index (χ1) is 60.7. The molecule has 0 atom stereocenters. The maximum atomic E-state index is 4.68. The fourth-order valence-corrected chi connectivity index (χ4v) is 14.7.